The van der Waals surface area contributed by atoms with Crippen molar-refractivity contribution in [1.29, 1.82) is 0 Å². The van der Waals surface area contributed by atoms with Crippen LogP contribution in [0.4, 0.5) is 4.79 Å². The Bertz CT molecular complexity index is 273. The average Bonchev–Trinajstić information content (AvgIpc) is 2.62. The van der Waals surface area contributed by atoms with Crippen molar-refractivity contribution in [1.82, 2.24) is 10.2 Å². The molecular formula is C13H24N2O3. The minimum Gasteiger partial charge on any atom is -0.481 e. The van der Waals surface area contributed by atoms with E-state index >= 15 is 0 Å². The summed E-state index contributed by atoms with van der Waals surface area (Å²) in [6.07, 6.45) is 5.87. The molecule has 1 atom stereocenters. The summed E-state index contributed by atoms with van der Waals surface area (Å²) in [6.45, 7) is 3.76. The first kappa shape index (κ1) is 14.8. The Morgan fingerprint density at radius 3 is 2.33 bits per heavy atom. The fourth-order valence-corrected chi connectivity index (χ4v) is 2.26. The molecule has 1 rings (SSSR count). The van der Waals surface area contributed by atoms with Crippen molar-refractivity contribution in [3.8, 4) is 0 Å². The number of likely N-dealkylation sites (tertiary alicyclic amines) is 1. The molecule has 0 radical (unpaired) electrons. The van der Waals surface area contributed by atoms with Gasteiger partial charge in [-0.15, -0.1) is 0 Å². The fourth-order valence-electron chi connectivity index (χ4n) is 2.26. The van der Waals surface area contributed by atoms with E-state index in [9.17, 15) is 9.59 Å². The van der Waals surface area contributed by atoms with Gasteiger partial charge in [-0.25, -0.2) is 4.79 Å². The van der Waals surface area contributed by atoms with Crippen LogP contribution in [0.3, 0.4) is 0 Å². The largest absolute Gasteiger partial charge is 0.481 e. The van der Waals surface area contributed by atoms with E-state index in [-0.39, 0.29) is 12.6 Å². The van der Waals surface area contributed by atoms with Gasteiger partial charge in [0.25, 0.3) is 0 Å². The third-order valence-electron chi connectivity index (χ3n) is 3.38. The number of nitrogens with one attached hydrogen (secondary N) is 1. The van der Waals surface area contributed by atoms with Gasteiger partial charge >= 0.3 is 12.0 Å². The molecule has 1 aliphatic heterocycles. The van der Waals surface area contributed by atoms with Gasteiger partial charge in [-0.2, -0.15) is 0 Å². The van der Waals surface area contributed by atoms with Gasteiger partial charge in [0.05, 0.1) is 5.92 Å². The van der Waals surface area contributed by atoms with Gasteiger partial charge in [0.2, 0.25) is 0 Å². The maximum Gasteiger partial charge on any atom is 0.317 e. The number of rotatable bonds is 5. The molecule has 18 heavy (non-hydrogen) atoms. The van der Waals surface area contributed by atoms with Crippen molar-refractivity contribution in [2.75, 3.05) is 19.6 Å². The predicted molar refractivity (Wildman–Crippen MR) is 69.5 cm³/mol. The Kier molecular flexibility index (Phi) is 6.54. The lowest BCUT2D eigenvalue weighted by Gasteiger charge is -2.22. The number of aliphatic carboxylic acids is 1. The van der Waals surface area contributed by atoms with Gasteiger partial charge in [0, 0.05) is 19.6 Å². The summed E-state index contributed by atoms with van der Waals surface area (Å²) in [5.74, 6) is -1.29. The average molecular weight is 256 g/mol. The van der Waals surface area contributed by atoms with Crippen LogP contribution in [0, 0.1) is 5.92 Å². The molecule has 0 saturated carbocycles. The highest BCUT2D eigenvalue weighted by molar-refractivity contribution is 5.76. The summed E-state index contributed by atoms with van der Waals surface area (Å²) in [4.78, 5) is 24.7. The lowest BCUT2D eigenvalue weighted by atomic mass is 10.0. The molecule has 0 aliphatic carbocycles. The van der Waals surface area contributed by atoms with Gasteiger partial charge in [0.15, 0.2) is 0 Å². The van der Waals surface area contributed by atoms with Crippen LogP contribution in [0.25, 0.3) is 0 Å². The van der Waals surface area contributed by atoms with Crippen molar-refractivity contribution in [3.05, 3.63) is 0 Å². The first-order valence-corrected chi connectivity index (χ1v) is 6.90. The van der Waals surface area contributed by atoms with E-state index in [1.54, 1.807) is 4.90 Å². The van der Waals surface area contributed by atoms with Crippen LogP contribution in [0.2, 0.25) is 0 Å². The Morgan fingerprint density at radius 1 is 1.22 bits per heavy atom. The normalized spacial score (nSPS) is 17.9. The zero-order valence-electron chi connectivity index (χ0n) is 11.2. The Hall–Kier alpha value is -1.26. The number of carbonyl (C=O) groups is 2. The van der Waals surface area contributed by atoms with Crippen LogP contribution >= 0.6 is 0 Å². The van der Waals surface area contributed by atoms with Crippen LogP contribution in [0.15, 0.2) is 0 Å². The summed E-state index contributed by atoms with van der Waals surface area (Å²) in [5.41, 5.74) is 0. The van der Waals surface area contributed by atoms with Crippen LogP contribution in [0.1, 0.15) is 45.4 Å². The van der Waals surface area contributed by atoms with Crippen LogP contribution in [-0.2, 0) is 4.79 Å². The molecule has 0 aromatic heterocycles. The van der Waals surface area contributed by atoms with E-state index in [0.717, 1.165) is 32.4 Å². The number of urea groups is 1. The number of carbonyl (C=O) groups excluding carboxylic acids is 1. The molecule has 1 fully saturated rings. The molecule has 1 saturated heterocycles. The second-order valence-corrected chi connectivity index (χ2v) is 4.91. The Morgan fingerprint density at radius 2 is 1.83 bits per heavy atom. The topological polar surface area (TPSA) is 69.6 Å². The highest BCUT2D eigenvalue weighted by Crippen LogP contribution is 2.10. The molecule has 104 valence electrons. The number of hydrogen-bond acceptors (Lipinski definition) is 2. The molecule has 5 heteroatoms. The minimum atomic E-state index is -0.826. The monoisotopic (exact) mass is 256 g/mol. The highest BCUT2D eigenvalue weighted by Gasteiger charge is 2.20. The summed E-state index contributed by atoms with van der Waals surface area (Å²) in [7, 11) is 0. The number of amides is 2. The molecule has 0 aromatic rings. The number of carboxylic acid groups (broad SMARTS) is 1. The molecule has 1 heterocycles. The molecule has 2 amide bonds. The number of nitrogens with zero attached hydrogens (tertiary/aromatic N) is 1. The lowest BCUT2D eigenvalue weighted by molar-refractivity contribution is -0.141. The highest BCUT2D eigenvalue weighted by atomic mass is 16.4. The van der Waals surface area contributed by atoms with E-state index in [1.165, 1.54) is 12.8 Å². The lowest BCUT2D eigenvalue weighted by Crippen LogP contribution is -2.43. The number of hydrogen-bond donors (Lipinski definition) is 2. The van der Waals surface area contributed by atoms with Crippen molar-refractivity contribution in [2.45, 2.75) is 45.4 Å². The van der Waals surface area contributed by atoms with Gasteiger partial charge in [0.1, 0.15) is 0 Å². The molecule has 0 aromatic carbocycles. The van der Waals surface area contributed by atoms with Crippen molar-refractivity contribution >= 4 is 12.0 Å². The molecule has 5 nitrogen and oxygen atoms in total. The standard InChI is InChI=1S/C13H24N2O3/c1-2-7-11(12(16)17)10-14-13(18)15-8-5-3-4-6-9-15/h11H,2-10H2,1H3,(H,14,18)(H,16,17). The predicted octanol–water partition coefficient (Wildman–Crippen LogP) is 2.07. The van der Waals surface area contributed by atoms with E-state index in [4.69, 9.17) is 5.11 Å². The SMILES string of the molecule is CCCC(CNC(=O)N1CCCCCC1)C(=O)O. The first-order valence-electron chi connectivity index (χ1n) is 6.90. The van der Waals surface area contributed by atoms with Gasteiger partial charge < -0.3 is 15.3 Å². The van der Waals surface area contributed by atoms with Crippen molar-refractivity contribution in [3.63, 3.8) is 0 Å². The van der Waals surface area contributed by atoms with Crippen molar-refractivity contribution < 1.29 is 14.7 Å². The third kappa shape index (κ3) is 4.94. The molecule has 1 aliphatic rings. The van der Waals surface area contributed by atoms with E-state index in [0.29, 0.717) is 6.42 Å². The minimum absolute atomic E-state index is 0.112. The first-order chi connectivity index (χ1) is 8.65. The summed E-state index contributed by atoms with van der Waals surface area (Å²) in [6, 6.07) is -0.112. The zero-order valence-corrected chi connectivity index (χ0v) is 11.2. The molecule has 0 spiro atoms. The van der Waals surface area contributed by atoms with Crippen LogP contribution < -0.4 is 5.32 Å². The summed E-state index contributed by atoms with van der Waals surface area (Å²) in [5, 5.41) is 11.8. The maximum absolute atomic E-state index is 11.9. The van der Waals surface area contributed by atoms with Crippen LogP contribution in [-0.4, -0.2) is 41.6 Å². The Balaban J connectivity index is 2.35. The smallest absolute Gasteiger partial charge is 0.317 e. The van der Waals surface area contributed by atoms with Gasteiger partial charge in [-0.1, -0.05) is 26.2 Å². The quantitative estimate of drug-likeness (QED) is 0.791. The second kappa shape index (κ2) is 7.95. The summed E-state index contributed by atoms with van der Waals surface area (Å²) >= 11 is 0. The van der Waals surface area contributed by atoms with Crippen LogP contribution in [0.5, 0.6) is 0 Å². The third-order valence-corrected chi connectivity index (χ3v) is 3.38. The van der Waals surface area contributed by atoms with E-state index in [1.807, 2.05) is 6.92 Å². The molecule has 1 unspecified atom stereocenters. The molecule has 0 bridgehead atoms. The number of carboxylic acids is 1. The van der Waals surface area contributed by atoms with E-state index in [2.05, 4.69) is 5.32 Å². The second-order valence-electron chi connectivity index (χ2n) is 4.91. The fraction of sp³-hybridized carbons (Fsp3) is 0.846. The zero-order chi connectivity index (χ0) is 13.4. The molecule has 2 N–H and O–H groups in total. The molecular weight excluding hydrogens is 232 g/mol. The maximum atomic E-state index is 11.9. The van der Waals surface area contributed by atoms with Gasteiger partial charge in [-0.05, 0) is 19.3 Å². The van der Waals surface area contributed by atoms with Crippen molar-refractivity contribution in [2.24, 2.45) is 5.92 Å². The summed E-state index contributed by atoms with van der Waals surface area (Å²) < 4.78 is 0. The Labute approximate surface area is 109 Å². The van der Waals surface area contributed by atoms with Gasteiger partial charge in [-0.3, -0.25) is 4.79 Å². The van der Waals surface area contributed by atoms with E-state index < -0.39 is 11.9 Å².